The normalized spacial score (nSPS) is 12.2. The van der Waals surface area contributed by atoms with E-state index in [4.69, 9.17) is 5.73 Å². The van der Waals surface area contributed by atoms with Crippen LogP contribution in [0.2, 0.25) is 0 Å². The molecule has 1 rings (SSSR count). The van der Waals surface area contributed by atoms with E-state index in [9.17, 15) is 9.59 Å². The summed E-state index contributed by atoms with van der Waals surface area (Å²) >= 11 is 1.41. The minimum Gasteiger partial charge on any atom is -0.368 e. The first-order valence-electron chi connectivity index (χ1n) is 5.75. The number of anilines is 1. The lowest BCUT2D eigenvalue weighted by Gasteiger charge is -2.18. The highest BCUT2D eigenvalue weighted by Crippen LogP contribution is 2.18. The maximum Gasteiger partial charge on any atom is 0.321 e. The molecule has 0 aliphatic carbocycles. The number of primary amides is 1. The average Bonchev–Trinajstić information content (AvgIpc) is 2.72. The van der Waals surface area contributed by atoms with Gasteiger partial charge in [-0.1, -0.05) is 20.8 Å². The number of hydrogen-bond donors (Lipinski definition) is 3. The van der Waals surface area contributed by atoms with Gasteiger partial charge in [0.2, 0.25) is 5.91 Å². The monoisotopic (exact) mass is 270 g/mol. The molecule has 0 aromatic carbocycles. The van der Waals surface area contributed by atoms with Crippen molar-refractivity contribution >= 4 is 28.4 Å². The highest BCUT2D eigenvalue weighted by atomic mass is 32.1. The van der Waals surface area contributed by atoms with Crippen molar-refractivity contribution in [2.75, 3.05) is 5.32 Å². The van der Waals surface area contributed by atoms with Gasteiger partial charge in [-0.3, -0.25) is 10.1 Å². The first-order valence-corrected chi connectivity index (χ1v) is 6.57. The van der Waals surface area contributed by atoms with Crippen LogP contribution in [0.15, 0.2) is 6.20 Å². The van der Waals surface area contributed by atoms with Crippen molar-refractivity contribution < 1.29 is 9.59 Å². The molecule has 1 aromatic rings. The Bertz CT molecular complexity index is 430. The van der Waals surface area contributed by atoms with Crippen LogP contribution in [0.1, 0.15) is 25.6 Å². The summed E-state index contributed by atoms with van der Waals surface area (Å²) in [6, 6.07) is -1.15. The van der Waals surface area contributed by atoms with Gasteiger partial charge in [-0.15, -0.1) is 11.3 Å². The standard InChI is InChI=1S/C11H18N4O2S/c1-4-7-5-13-11(18-7)15-10(17)14-8(6(2)3)9(12)16/h5-6,8H,4H2,1-3H3,(H2,12,16)(H2,13,14,15,17). The molecule has 1 unspecified atom stereocenters. The van der Waals surface area contributed by atoms with Crippen molar-refractivity contribution in [1.29, 1.82) is 0 Å². The quantitative estimate of drug-likeness (QED) is 0.753. The molecule has 0 aliphatic rings. The smallest absolute Gasteiger partial charge is 0.321 e. The third-order valence-electron chi connectivity index (χ3n) is 2.38. The van der Waals surface area contributed by atoms with Gasteiger partial charge in [-0.2, -0.15) is 0 Å². The molecule has 6 nitrogen and oxygen atoms in total. The van der Waals surface area contributed by atoms with E-state index >= 15 is 0 Å². The number of carbonyl (C=O) groups excluding carboxylic acids is 2. The summed E-state index contributed by atoms with van der Waals surface area (Å²) in [4.78, 5) is 28.0. The summed E-state index contributed by atoms with van der Waals surface area (Å²) in [5.41, 5.74) is 5.21. The molecule has 0 spiro atoms. The van der Waals surface area contributed by atoms with Crippen LogP contribution in [0.3, 0.4) is 0 Å². The van der Waals surface area contributed by atoms with E-state index in [0.29, 0.717) is 5.13 Å². The van der Waals surface area contributed by atoms with Crippen LogP contribution >= 0.6 is 11.3 Å². The van der Waals surface area contributed by atoms with Crippen molar-refractivity contribution in [3.05, 3.63) is 11.1 Å². The summed E-state index contributed by atoms with van der Waals surface area (Å²) in [6.45, 7) is 5.64. The number of thiazole rings is 1. The van der Waals surface area contributed by atoms with Crippen molar-refractivity contribution in [2.24, 2.45) is 11.7 Å². The fourth-order valence-corrected chi connectivity index (χ4v) is 2.12. The molecule has 1 aromatic heterocycles. The Balaban J connectivity index is 2.57. The molecule has 1 atom stereocenters. The number of carbonyl (C=O) groups is 2. The van der Waals surface area contributed by atoms with E-state index in [1.54, 1.807) is 6.20 Å². The number of amides is 3. The Morgan fingerprint density at radius 1 is 1.50 bits per heavy atom. The molecule has 0 saturated carbocycles. The van der Waals surface area contributed by atoms with Gasteiger partial charge in [0.25, 0.3) is 0 Å². The Morgan fingerprint density at radius 2 is 2.17 bits per heavy atom. The number of urea groups is 1. The van der Waals surface area contributed by atoms with Crippen LogP contribution in [-0.2, 0) is 11.2 Å². The Kier molecular flexibility index (Phi) is 5.08. The molecule has 100 valence electrons. The maximum atomic E-state index is 11.7. The largest absolute Gasteiger partial charge is 0.368 e. The van der Waals surface area contributed by atoms with Crippen LogP contribution in [0, 0.1) is 5.92 Å². The van der Waals surface area contributed by atoms with Crippen molar-refractivity contribution in [3.8, 4) is 0 Å². The Labute approximate surface area is 110 Å². The van der Waals surface area contributed by atoms with Gasteiger partial charge >= 0.3 is 6.03 Å². The summed E-state index contributed by atoms with van der Waals surface area (Å²) in [6.07, 6.45) is 2.59. The summed E-state index contributed by atoms with van der Waals surface area (Å²) in [7, 11) is 0. The van der Waals surface area contributed by atoms with Crippen molar-refractivity contribution in [2.45, 2.75) is 33.2 Å². The maximum absolute atomic E-state index is 11.7. The highest BCUT2D eigenvalue weighted by molar-refractivity contribution is 7.15. The SMILES string of the molecule is CCc1cnc(NC(=O)NC(C(N)=O)C(C)C)s1. The molecule has 0 radical (unpaired) electrons. The minimum absolute atomic E-state index is 0.0595. The summed E-state index contributed by atoms with van der Waals surface area (Å²) in [5, 5.41) is 5.63. The topological polar surface area (TPSA) is 97.1 Å². The lowest BCUT2D eigenvalue weighted by molar-refractivity contribution is -0.120. The zero-order valence-corrected chi connectivity index (χ0v) is 11.5. The second-order valence-electron chi connectivity index (χ2n) is 4.21. The van der Waals surface area contributed by atoms with Gasteiger partial charge < -0.3 is 11.1 Å². The fraction of sp³-hybridized carbons (Fsp3) is 0.545. The second kappa shape index (κ2) is 6.34. The third kappa shape index (κ3) is 3.99. The predicted octanol–water partition coefficient (Wildman–Crippen LogP) is 1.34. The zero-order valence-electron chi connectivity index (χ0n) is 10.7. The Hall–Kier alpha value is -1.63. The van der Waals surface area contributed by atoms with E-state index in [1.165, 1.54) is 11.3 Å². The summed E-state index contributed by atoms with van der Waals surface area (Å²) in [5.74, 6) is -0.607. The van der Waals surface area contributed by atoms with Crippen LogP contribution < -0.4 is 16.4 Å². The number of hydrogen-bond acceptors (Lipinski definition) is 4. The van der Waals surface area contributed by atoms with Gasteiger partial charge in [-0.25, -0.2) is 9.78 Å². The molecule has 0 bridgehead atoms. The lowest BCUT2D eigenvalue weighted by Crippen LogP contribution is -2.49. The molecule has 18 heavy (non-hydrogen) atoms. The molecule has 1 heterocycles. The second-order valence-corrected chi connectivity index (χ2v) is 5.32. The van der Waals surface area contributed by atoms with E-state index in [2.05, 4.69) is 15.6 Å². The number of aromatic nitrogens is 1. The number of rotatable bonds is 5. The molecule has 3 amide bonds. The molecule has 4 N–H and O–H groups in total. The van der Waals surface area contributed by atoms with Crippen molar-refractivity contribution in [1.82, 2.24) is 10.3 Å². The molecular weight excluding hydrogens is 252 g/mol. The van der Waals surface area contributed by atoms with Gasteiger partial charge in [-0.05, 0) is 12.3 Å². The number of aryl methyl sites for hydroxylation is 1. The summed E-state index contributed by atoms with van der Waals surface area (Å²) < 4.78 is 0. The van der Waals surface area contributed by atoms with Gasteiger partial charge in [0.1, 0.15) is 6.04 Å². The molecular formula is C11H18N4O2S. The van der Waals surface area contributed by atoms with E-state index < -0.39 is 18.0 Å². The van der Waals surface area contributed by atoms with E-state index in [-0.39, 0.29) is 5.92 Å². The molecule has 0 saturated heterocycles. The Morgan fingerprint density at radius 3 is 2.61 bits per heavy atom. The predicted molar refractivity (Wildman–Crippen MR) is 71.5 cm³/mol. The van der Waals surface area contributed by atoms with Crippen LogP contribution in [-0.4, -0.2) is 23.0 Å². The molecule has 7 heteroatoms. The lowest BCUT2D eigenvalue weighted by atomic mass is 10.0. The van der Waals surface area contributed by atoms with Crippen LogP contribution in [0.4, 0.5) is 9.93 Å². The molecule has 0 aliphatic heterocycles. The first kappa shape index (κ1) is 14.4. The third-order valence-corrected chi connectivity index (χ3v) is 3.44. The zero-order chi connectivity index (χ0) is 13.7. The number of nitrogens with two attached hydrogens (primary N) is 1. The number of nitrogens with one attached hydrogen (secondary N) is 2. The average molecular weight is 270 g/mol. The van der Waals surface area contributed by atoms with Crippen LogP contribution in [0.25, 0.3) is 0 Å². The fourth-order valence-electron chi connectivity index (χ4n) is 1.37. The van der Waals surface area contributed by atoms with Gasteiger partial charge in [0.05, 0.1) is 0 Å². The van der Waals surface area contributed by atoms with Crippen molar-refractivity contribution in [3.63, 3.8) is 0 Å². The van der Waals surface area contributed by atoms with Crippen LogP contribution in [0.5, 0.6) is 0 Å². The number of nitrogens with zero attached hydrogens (tertiary/aromatic N) is 1. The van der Waals surface area contributed by atoms with Gasteiger partial charge in [0.15, 0.2) is 5.13 Å². The highest BCUT2D eigenvalue weighted by Gasteiger charge is 2.21. The van der Waals surface area contributed by atoms with E-state index in [1.807, 2.05) is 20.8 Å². The first-order chi connectivity index (χ1) is 8.43. The van der Waals surface area contributed by atoms with E-state index in [0.717, 1.165) is 11.3 Å². The minimum atomic E-state index is -0.685. The van der Waals surface area contributed by atoms with Gasteiger partial charge in [0, 0.05) is 11.1 Å². The molecule has 0 fully saturated rings.